The van der Waals surface area contributed by atoms with Gasteiger partial charge in [-0.15, -0.1) is 18.3 Å². The molecule has 8 nitrogen and oxygen atoms in total. The van der Waals surface area contributed by atoms with Crippen LogP contribution in [0.2, 0.25) is 0 Å². The van der Waals surface area contributed by atoms with Crippen molar-refractivity contribution >= 4 is 17.7 Å². The number of hydrogen-bond donors (Lipinski definition) is 1. The van der Waals surface area contributed by atoms with Gasteiger partial charge >= 0.3 is 6.36 Å². The first-order valence-electron chi connectivity index (χ1n) is 10.6. The molecular formula is C22H25F3N6O2S. The SMILES string of the molecule is Cc1cc(C)nc(SCc2c(C(=O)NCCC(C)C)nnn2-c2ccc(OC(F)(F)F)cc2)n1. The van der Waals surface area contributed by atoms with E-state index in [0.717, 1.165) is 17.8 Å². The molecular weight excluding hydrogens is 469 g/mol. The van der Waals surface area contributed by atoms with Crippen molar-refractivity contribution in [1.29, 1.82) is 0 Å². The highest BCUT2D eigenvalue weighted by Gasteiger charge is 2.31. The van der Waals surface area contributed by atoms with Crippen LogP contribution in [0.1, 0.15) is 47.8 Å². The van der Waals surface area contributed by atoms with Crippen LogP contribution in [0.25, 0.3) is 5.69 Å². The van der Waals surface area contributed by atoms with E-state index in [1.165, 1.54) is 40.7 Å². The minimum atomic E-state index is -4.79. The van der Waals surface area contributed by atoms with Crippen molar-refractivity contribution in [2.45, 2.75) is 51.4 Å². The van der Waals surface area contributed by atoms with Crippen molar-refractivity contribution in [2.24, 2.45) is 5.92 Å². The zero-order valence-corrected chi connectivity index (χ0v) is 20.0. The number of halogens is 3. The zero-order valence-electron chi connectivity index (χ0n) is 19.2. The highest BCUT2D eigenvalue weighted by molar-refractivity contribution is 7.98. The molecule has 3 aromatic rings. The number of aromatic nitrogens is 5. The number of carbonyl (C=O) groups is 1. The highest BCUT2D eigenvalue weighted by Crippen LogP contribution is 2.26. The average molecular weight is 495 g/mol. The second kappa shape index (κ2) is 10.9. The molecule has 0 atom stereocenters. The number of nitrogens with one attached hydrogen (secondary N) is 1. The van der Waals surface area contributed by atoms with Crippen LogP contribution in [0.4, 0.5) is 13.2 Å². The number of rotatable bonds is 9. The summed E-state index contributed by atoms with van der Waals surface area (Å²) < 4.78 is 42.8. The molecule has 2 aromatic heterocycles. The Morgan fingerprint density at radius 1 is 1.15 bits per heavy atom. The van der Waals surface area contributed by atoms with Crippen LogP contribution >= 0.6 is 11.8 Å². The van der Waals surface area contributed by atoms with Crippen molar-refractivity contribution in [3.63, 3.8) is 0 Å². The average Bonchev–Trinajstić information content (AvgIpc) is 3.14. The van der Waals surface area contributed by atoms with Gasteiger partial charge in [0.2, 0.25) is 0 Å². The predicted molar refractivity (Wildman–Crippen MR) is 121 cm³/mol. The normalized spacial score (nSPS) is 11.6. The second-order valence-electron chi connectivity index (χ2n) is 8.00. The molecule has 1 amide bonds. The van der Waals surface area contributed by atoms with E-state index in [0.29, 0.717) is 29.0 Å². The molecule has 12 heteroatoms. The minimum Gasteiger partial charge on any atom is -0.406 e. The smallest absolute Gasteiger partial charge is 0.406 e. The molecule has 0 aliphatic heterocycles. The Bertz CT molecular complexity index is 1110. The number of ether oxygens (including phenoxy) is 1. The van der Waals surface area contributed by atoms with Crippen molar-refractivity contribution in [3.8, 4) is 11.4 Å². The molecule has 0 saturated heterocycles. The molecule has 0 spiro atoms. The Balaban J connectivity index is 1.89. The summed E-state index contributed by atoms with van der Waals surface area (Å²) in [4.78, 5) is 21.6. The van der Waals surface area contributed by atoms with Gasteiger partial charge in [-0.1, -0.05) is 30.8 Å². The highest BCUT2D eigenvalue weighted by atomic mass is 32.2. The molecule has 34 heavy (non-hydrogen) atoms. The fourth-order valence-electron chi connectivity index (χ4n) is 3.05. The Morgan fingerprint density at radius 2 is 1.79 bits per heavy atom. The van der Waals surface area contributed by atoms with Gasteiger partial charge in [-0.05, 0) is 56.5 Å². The van der Waals surface area contributed by atoms with E-state index in [1.807, 2.05) is 19.9 Å². The van der Waals surface area contributed by atoms with Gasteiger partial charge in [-0.3, -0.25) is 4.79 Å². The summed E-state index contributed by atoms with van der Waals surface area (Å²) in [5, 5.41) is 11.5. The summed E-state index contributed by atoms with van der Waals surface area (Å²) in [6.45, 7) is 8.33. The van der Waals surface area contributed by atoms with Crippen molar-refractivity contribution in [3.05, 3.63) is 53.1 Å². The fourth-order valence-corrected chi connectivity index (χ4v) is 3.99. The first-order chi connectivity index (χ1) is 16.0. The number of aryl methyl sites for hydroxylation is 2. The van der Waals surface area contributed by atoms with E-state index in [-0.39, 0.29) is 23.1 Å². The molecule has 2 heterocycles. The summed E-state index contributed by atoms with van der Waals surface area (Å²) in [5.41, 5.74) is 2.66. The van der Waals surface area contributed by atoms with Crippen LogP contribution < -0.4 is 10.1 Å². The lowest BCUT2D eigenvalue weighted by molar-refractivity contribution is -0.274. The Morgan fingerprint density at radius 3 is 2.38 bits per heavy atom. The number of nitrogens with zero attached hydrogens (tertiary/aromatic N) is 5. The maximum absolute atomic E-state index is 12.8. The number of hydrogen-bond acceptors (Lipinski definition) is 7. The summed E-state index contributed by atoms with van der Waals surface area (Å²) in [5.74, 6) is -0.0440. The number of thioether (sulfide) groups is 1. The number of benzene rings is 1. The molecule has 0 bridgehead atoms. The Labute approximate surface area is 199 Å². The molecule has 1 aromatic carbocycles. The van der Waals surface area contributed by atoms with Crippen LogP contribution in [-0.2, 0) is 5.75 Å². The van der Waals surface area contributed by atoms with Crippen LogP contribution in [0.3, 0.4) is 0 Å². The lowest BCUT2D eigenvalue weighted by Gasteiger charge is -2.11. The zero-order chi connectivity index (χ0) is 24.9. The largest absolute Gasteiger partial charge is 0.573 e. The molecule has 0 fully saturated rings. The van der Waals surface area contributed by atoms with E-state index >= 15 is 0 Å². The van der Waals surface area contributed by atoms with Crippen LogP contribution in [-0.4, -0.2) is 43.8 Å². The lowest BCUT2D eigenvalue weighted by Crippen LogP contribution is -2.26. The predicted octanol–water partition coefficient (Wildman–Crippen LogP) is 4.64. The van der Waals surface area contributed by atoms with E-state index in [9.17, 15) is 18.0 Å². The van der Waals surface area contributed by atoms with Crippen LogP contribution in [0, 0.1) is 19.8 Å². The van der Waals surface area contributed by atoms with Gasteiger partial charge in [0.25, 0.3) is 5.91 Å². The summed E-state index contributed by atoms with van der Waals surface area (Å²) in [6.07, 6.45) is -3.98. The van der Waals surface area contributed by atoms with Crippen molar-refractivity contribution in [1.82, 2.24) is 30.3 Å². The number of amides is 1. The third-order valence-corrected chi connectivity index (χ3v) is 5.46. The van der Waals surface area contributed by atoms with E-state index in [2.05, 4.69) is 44.2 Å². The van der Waals surface area contributed by atoms with Crippen LogP contribution in [0.5, 0.6) is 5.75 Å². The third-order valence-electron chi connectivity index (χ3n) is 4.60. The monoisotopic (exact) mass is 494 g/mol. The molecule has 0 aliphatic carbocycles. The topological polar surface area (TPSA) is 94.8 Å². The minimum absolute atomic E-state index is 0.135. The first kappa shape index (κ1) is 25.5. The van der Waals surface area contributed by atoms with Gasteiger partial charge in [0, 0.05) is 23.7 Å². The Kier molecular flexibility index (Phi) is 8.13. The van der Waals surface area contributed by atoms with E-state index in [4.69, 9.17) is 0 Å². The maximum atomic E-state index is 12.8. The molecule has 0 saturated carbocycles. The molecule has 1 N–H and O–H groups in total. The van der Waals surface area contributed by atoms with Gasteiger partial charge in [-0.2, -0.15) is 0 Å². The summed E-state index contributed by atoms with van der Waals surface area (Å²) in [7, 11) is 0. The molecule has 182 valence electrons. The standard InChI is InChI=1S/C22H25F3N6O2S/c1-13(2)9-10-26-20(32)19-18(12-34-21-27-14(3)11-15(4)28-21)31(30-29-19)16-5-7-17(8-6-16)33-22(23,24)25/h5-8,11,13H,9-10,12H2,1-4H3,(H,26,32). The Hall–Kier alpha value is -3.15. The van der Waals surface area contributed by atoms with Crippen LogP contribution in [0.15, 0.2) is 35.5 Å². The quantitative estimate of drug-likeness (QED) is 0.342. The lowest BCUT2D eigenvalue weighted by atomic mass is 10.1. The molecule has 0 unspecified atom stereocenters. The molecule has 0 aliphatic rings. The maximum Gasteiger partial charge on any atom is 0.573 e. The van der Waals surface area contributed by atoms with Gasteiger partial charge in [-0.25, -0.2) is 14.6 Å². The van der Waals surface area contributed by atoms with E-state index in [1.54, 1.807) is 0 Å². The number of alkyl halides is 3. The summed E-state index contributed by atoms with van der Waals surface area (Å²) in [6, 6.07) is 7.04. The van der Waals surface area contributed by atoms with E-state index < -0.39 is 6.36 Å². The van der Waals surface area contributed by atoms with Gasteiger partial charge in [0.05, 0.1) is 11.4 Å². The number of carbonyl (C=O) groups excluding carboxylic acids is 1. The first-order valence-corrected chi connectivity index (χ1v) is 11.5. The molecule has 0 radical (unpaired) electrons. The summed E-state index contributed by atoms with van der Waals surface area (Å²) >= 11 is 1.31. The van der Waals surface area contributed by atoms with Gasteiger partial charge < -0.3 is 10.1 Å². The third kappa shape index (κ3) is 7.17. The van der Waals surface area contributed by atoms with Gasteiger partial charge in [0.15, 0.2) is 10.9 Å². The van der Waals surface area contributed by atoms with Crippen molar-refractivity contribution in [2.75, 3.05) is 6.54 Å². The van der Waals surface area contributed by atoms with Crippen molar-refractivity contribution < 1.29 is 22.7 Å². The fraction of sp³-hybridized carbons (Fsp3) is 0.409. The molecule has 3 rings (SSSR count). The second-order valence-corrected chi connectivity index (χ2v) is 8.94. The van der Waals surface area contributed by atoms with Gasteiger partial charge in [0.1, 0.15) is 5.75 Å².